The van der Waals surface area contributed by atoms with Gasteiger partial charge in [0.05, 0.1) is 30.6 Å². The molecule has 4 nitrogen and oxygen atoms in total. The summed E-state index contributed by atoms with van der Waals surface area (Å²) in [4.78, 5) is 13.6. The molecule has 0 aliphatic carbocycles. The van der Waals surface area contributed by atoms with E-state index >= 15 is 0 Å². The first-order valence-electron chi connectivity index (χ1n) is 11.0. The van der Waals surface area contributed by atoms with Crippen molar-refractivity contribution in [1.82, 2.24) is 5.43 Å². The minimum Gasteiger partial charge on any atom is -0.323 e. The lowest BCUT2D eigenvalue weighted by atomic mass is 9.94. The zero-order chi connectivity index (χ0) is 24.0. The Morgan fingerprint density at radius 3 is 2.21 bits per heavy atom. The molecule has 2 N–H and O–H groups in total. The van der Waals surface area contributed by atoms with Crippen LogP contribution in [0.2, 0.25) is 0 Å². The first-order chi connectivity index (χ1) is 16.4. The largest absolute Gasteiger partial charge is 0.416 e. The average molecular weight is 485 g/mol. The van der Waals surface area contributed by atoms with Gasteiger partial charge >= 0.3 is 6.18 Å². The number of nitrogens with one attached hydrogen (secondary N) is 2. The molecule has 0 saturated carbocycles. The van der Waals surface area contributed by atoms with Crippen LogP contribution in [0.5, 0.6) is 0 Å². The first kappa shape index (κ1) is 24.0. The van der Waals surface area contributed by atoms with E-state index in [0.29, 0.717) is 5.25 Å². The molecule has 0 bridgehead atoms. The van der Waals surface area contributed by atoms with Crippen LogP contribution in [-0.2, 0) is 11.0 Å². The maximum Gasteiger partial charge on any atom is 0.416 e. The van der Waals surface area contributed by atoms with Crippen molar-refractivity contribution in [2.75, 3.05) is 18.8 Å². The van der Waals surface area contributed by atoms with Crippen molar-refractivity contribution in [2.24, 2.45) is 5.10 Å². The van der Waals surface area contributed by atoms with Gasteiger partial charge in [-0.25, -0.2) is 5.43 Å². The van der Waals surface area contributed by atoms with Gasteiger partial charge in [0.2, 0.25) is 5.91 Å². The van der Waals surface area contributed by atoms with Gasteiger partial charge in [-0.1, -0.05) is 72.8 Å². The standard InChI is InChI=1S/C26H24F3N3OS/c27-26(28,29)22-13-7-8-19(14-22)15-30-31-24(33)18-34-23-16-32(17-23)25(20-9-3-1-4-10-20)21-11-5-2-6-12-21/h1-15,23,25H,16-18H2,(H,31,33)/p+1. The summed E-state index contributed by atoms with van der Waals surface area (Å²) in [6, 6.07) is 25.9. The van der Waals surface area contributed by atoms with E-state index in [1.54, 1.807) is 11.8 Å². The van der Waals surface area contributed by atoms with Gasteiger partial charge in [-0.05, 0) is 17.7 Å². The third-order valence-corrected chi connectivity index (χ3v) is 6.95. The molecule has 1 heterocycles. The molecule has 1 aliphatic heterocycles. The second-order valence-corrected chi connectivity index (χ2v) is 9.46. The molecule has 4 rings (SSSR count). The summed E-state index contributed by atoms with van der Waals surface area (Å²) in [6.45, 7) is 1.89. The van der Waals surface area contributed by atoms with E-state index in [2.05, 4.69) is 59.1 Å². The highest BCUT2D eigenvalue weighted by Gasteiger charge is 2.39. The molecule has 0 aromatic heterocycles. The number of nitrogens with zero attached hydrogens (tertiary/aromatic N) is 1. The van der Waals surface area contributed by atoms with Gasteiger partial charge in [-0.3, -0.25) is 4.79 Å². The van der Waals surface area contributed by atoms with Crippen LogP contribution in [0.4, 0.5) is 13.2 Å². The van der Waals surface area contributed by atoms with Crippen molar-refractivity contribution >= 4 is 23.9 Å². The lowest BCUT2D eigenvalue weighted by molar-refractivity contribution is -0.960. The van der Waals surface area contributed by atoms with Gasteiger partial charge in [-0.15, -0.1) is 11.8 Å². The molecule has 8 heteroatoms. The number of amides is 1. The van der Waals surface area contributed by atoms with Crippen molar-refractivity contribution < 1.29 is 22.9 Å². The highest BCUT2D eigenvalue weighted by molar-refractivity contribution is 8.00. The van der Waals surface area contributed by atoms with Crippen molar-refractivity contribution in [3.8, 4) is 0 Å². The smallest absolute Gasteiger partial charge is 0.323 e. The highest BCUT2D eigenvalue weighted by Crippen LogP contribution is 2.29. The number of alkyl halides is 3. The third-order valence-electron chi connectivity index (χ3n) is 5.72. The van der Waals surface area contributed by atoms with Crippen LogP contribution in [0.15, 0.2) is 90.0 Å². The molecular weight excluding hydrogens is 459 g/mol. The summed E-state index contributed by atoms with van der Waals surface area (Å²) in [6.07, 6.45) is -3.19. The first-order valence-corrected chi connectivity index (χ1v) is 12.0. The SMILES string of the molecule is O=C(CSC1C[NH+](C(c2ccccc2)c2ccccc2)C1)NN=Cc1cccc(C(F)(F)F)c1. The van der Waals surface area contributed by atoms with Crippen LogP contribution in [-0.4, -0.2) is 36.2 Å². The summed E-state index contributed by atoms with van der Waals surface area (Å²) >= 11 is 1.58. The molecular formula is C26H25F3N3OS+. The zero-order valence-corrected chi connectivity index (χ0v) is 19.2. The summed E-state index contributed by atoms with van der Waals surface area (Å²) in [7, 11) is 0. The van der Waals surface area contributed by atoms with Crippen LogP contribution in [0.1, 0.15) is 28.3 Å². The van der Waals surface area contributed by atoms with Crippen molar-refractivity contribution in [1.29, 1.82) is 0 Å². The van der Waals surface area contributed by atoms with E-state index in [0.717, 1.165) is 25.2 Å². The number of benzene rings is 3. The Balaban J connectivity index is 1.26. The Labute approximate surface area is 200 Å². The molecule has 1 amide bonds. The summed E-state index contributed by atoms with van der Waals surface area (Å²) in [5, 5.41) is 4.16. The quantitative estimate of drug-likeness (QED) is 0.376. The van der Waals surface area contributed by atoms with E-state index < -0.39 is 11.7 Å². The minimum atomic E-state index is -4.41. The number of hydrogen-bond donors (Lipinski definition) is 2. The van der Waals surface area contributed by atoms with Gasteiger partial charge in [0.25, 0.3) is 0 Å². The van der Waals surface area contributed by atoms with Crippen LogP contribution in [0.25, 0.3) is 0 Å². The molecule has 0 spiro atoms. The number of hydrogen-bond acceptors (Lipinski definition) is 3. The number of carbonyl (C=O) groups excluding carboxylic acids is 1. The van der Waals surface area contributed by atoms with Gasteiger partial charge in [0, 0.05) is 11.1 Å². The van der Waals surface area contributed by atoms with Gasteiger partial charge in [0.15, 0.2) is 0 Å². The molecule has 0 atom stereocenters. The monoisotopic (exact) mass is 484 g/mol. The van der Waals surface area contributed by atoms with E-state index in [9.17, 15) is 18.0 Å². The molecule has 3 aromatic rings. The predicted octanol–water partition coefficient (Wildman–Crippen LogP) is 3.95. The fourth-order valence-corrected chi connectivity index (χ4v) is 5.15. The van der Waals surface area contributed by atoms with E-state index in [-0.39, 0.29) is 23.3 Å². The number of halogens is 3. The van der Waals surface area contributed by atoms with Gasteiger partial charge in [0.1, 0.15) is 11.3 Å². The highest BCUT2D eigenvalue weighted by atomic mass is 32.2. The van der Waals surface area contributed by atoms with Crippen molar-refractivity contribution in [3.63, 3.8) is 0 Å². The Morgan fingerprint density at radius 2 is 1.62 bits per heavy atom. The predicted molar refractivity (Wildman–Crippen MR) is 129 cm³/mol. The molecule has 0 unspecified atom stereocenters. The second kappa shape index (κ2) is 10.9. The Morgan fingerprint density at radius 1 is 1.00 bits per heavy atom. The summed E-state index contributed by atoms with van der Waals surface area (Å²) in [5.74, 6) is -0.0245. The van der Waals surface area contributed by atoms with Gasteiger partial charge < -0.3 is 4.90 Å². The number of thioether (sulfide) groups is 1. The summed E-state index contributed by atoms with van der Waals surface area (Å²) in [5.41, 5.74) is 4.47. The van der Waals surface area contributed by atoms with Crippen LogP contribution in [0.3, 0.4) is 0 Å². The number of likely N-dealkylation sites (tertiary alicyclic amines) is 1. The molecule has 1 saturated heterocycles. The molecule has 34 heavy (non-hydrogen) atoms. The maximum absolute atomic E-state index is 12.8. The Hall–Kier alpha value is -3.10. The van der Waals surface area contributed by atoms with Crippen LogP contribution >= 0.6 is 11.8 Å². The number of carbonyl (C=O) groups is 1. The zero-order valence-electron chi connectivity index (χ0n) is 18.3. The molecule has 0 radical (unpaired) electrons. The number of hydrazone groups is 1. The van der Waals surface area contributed by atoms with Crippen LogP contribution < -0.4 is 10.3 Å². The molecule has 176 valence electrons. The van der Waals surface area contributed by atoms with Crippen LogP contribution in [0, 0.1) is 0 Å². The van der Waals surface area contributed by atoms with Crippen molar-refractivity contribution in [3.05, 3.63) is 107 Å². The van der Waals surface area contributed by atoms with Gasteiger partial charge in [-0.2, -0.15) is 18.3 Å². The molecule has 3 aromatic carbocycles. The summed E-state index contributed by atoms with van der Waals surface area (Å²) < 4.78 is 38.4. The fraction of sp³-hybridized carbons (Fsp3) is 0.231. The maximum atomic E-state index is 12.8. The lowest BCUT2D eigenvalue weighted by Crippen LogP contribution is -3.21. The Kier molecular flexibility index (Phi) is 7.70. The number of quaternary nitrogens is 1. The average Bonchev–Trinajstić information content (AvgIpc) is 2.81. The molecule has 1 fully saturated rings. The van der Waals surface area contributed by atoms with E-state index in [1.165, 1.54) is 34.4 Å². The third kappa shape index (κ3) is 6.27. The number of rotatable bonds is 8. The fourth-order valence-electron chi connectivity index (χ4n) is 4.03. The second-order valence-electron chi connectivity index (χ2n) is 8.17. The van der Waals surface area contributed by atoms with E-state index in [4.69, 9.17) is 0 Å². The lowest BCUT2D eigenvalue weighted by Gasteiger charge is -2.40. The minimum absolute atomic E-state index is 0.249. The molecule has 1 aliphatic rings. The Bertz CT molecular complexity index is 1080. The van der Waals surface area contributed by atoms with Crippen molar-refractivity contribution in [2.45, 2.75) is 17.5 Å². The topological polar surface area (TPSA) is 45.9 Å². The van der Waals surface area contributed by atoms with E-state index in [1.807, 2.05) is 12.1 Å². The normalized spacial score (nSPS) is 18.1.